The number of aromatic amines is 1. The zero-order valence-electron chi connectivity index (χ0n) is 9.42. The third kappa shape index (κ3) is 2.36. The van der Waals surface area contributed by atoms with Crippen LogP contribution in [0.25, 0.3) is 0 Å². The van der Waals surface area contributed by atoms with E-state index in [0.29, 0.717) is 11.3 Å². The molecule has 1 N–H and O–H groups in total. The number of ether oxygens (including phenoxy) is 1. The lowest BCUT2D eigenvalue weighted by molar-refractivity contribution is 0.0524. The van der Waals surface area contributed by atoms with Gasteiger partial charge in [-0.1, -0.05) is 0 Å². The molecule has 0 atom stereocenters. The van der Waals surface area contributed by atoms with Crippen molar-refractivity contribution in [2.24, 2.45) is 0 Å². The summed E-state index contributed by atoms with van der Waals surface area (Å²) in [4.78, 5) is 36.5. The van der Waals surface area contributed by atoms with Crippen LogP contribution in [0.15, 0.2) is 10.9 Å². The van der Waals surface area contributed by atoms with Crippen LogP contribution in [-0.2, 0) is 4.74 Å². The third-order valence-electron chi connectivity index (χ3n) is 2.11. The number of H-pyrrole nitrogens is 1. The Morgan fingerprint density at radius 1 is 1.38 bits per heavy atom. The summed E-state index contributed by atoms with van der Waals surface area (Å²) in [5, 5.41) is 0. The van der Waals surface area contributed by atoms with E-state index < -0.39 is 11.5 Å². The molecule has 0 unspecified atom stereocenters. The zero-order chi connectivity index (χ0) is 12.3. The molecule has 0 spiro atoms. The first-order valence-corrected chi connectivity index (χ1v) is 4.89. The lowest BCUT2D eigenvalue weighted by atomic mass is 10.1. The van der Waals surface area contributed by atoms with E-state index in [4.69, 9.17) is 4.74 Å². The van der Waals surface area contributed by atoms with Gasteiger partial charge in [-0.2, -0.15) is 0 Å². The van der Waals surface area contributed by atoms with Crippen LogP contribution >= 0.6 is 0 Å². The standard InChI is InChI=1S/C11H13NO4/c1-4-16-11(15)9-5-8(7(3)13)6(2)12-10(9)14/h5H,4H2,1-3H3,(H,12,14). The van der Waals surface area contributed by atoms with E-state index in [-0.39, 0.29) is 18.0 Å². The number of ketones is 1. The molecule has 1 aromatic heterocycles. The van der Waals surface area contributed by atoms with Crippen molar-refractivity contribution in [2.45, 2.75) is 20.8 Å². The molecule has 1 heterocycles. The van der Waals surface area contributed by atoms with E-state index in [9.17, 15) is 14.4 Å². The molecular weight excluding hydrogens is 210 g/mol. The molecule has 0 aliphatic carbocycles. The quantitative estimate of drug-likeness (QED) is 0.614. The van der Waals surface area contributed by atoms with Gasteiger partial charge in [0.1, 0.15) is 5.56 Å². The Balaban J connectivity index is 3.30. The molecule has 0 aliphatic heterocycles. The first-order chi connectivity index (χ1) is 7.47. The highest BCUT2D eigenvalue weighted by Gasteiger charge is 2.15. The minimum atomic E-state index is -0.716. The van der Waals surface area contributed by atoms with Crippen molar-refractivity contribution in [3.63, 3.8) is 0 Å². The van der Waals surface area contributed by atoms with E-state index in [1.54, 1.807) is 13.8 Å². The van der Waals surface area contributed by atoms with E-state index in [1.165, 1.54) is 13.0 Å². The highest BCUT2D eigenvalue weighted by Crippen LogP contribution is 2.06. The van der Waals surface area contributed by atoms with Gasteiger partial charge in [-0.3, -0.25) is 9.59 Å². The van der Waals surface area contributed by atoms with E-state index in [0.717, 1.165) is 0 Å². The van der Waals surface area contributed by atoms with Crippen LogP contribution in [-0.4, -0.2) is 23.3 Å². The first kappa shape index (κ1) is 12.2. The fourth-order valence-corrected chi connectivity index (χ4v) is 1.35. The molecule has 5 heteroatoms. The summed E-state index contributed by atoms with van der Waals surface area (Å²) < 4.78 is 4.71. The van der Waals surface area contributed by atoms with Crippen molar-refractivity contribution in [2.75, 3.05) is 6.61 Å². The minimum absolute atomic E-state index is 0.141. The van der Waals surface area contributed by atoms with Crippen molar-refractivity contribution >= 4 is 11.8 Å². The highest BCUT2D eigenvalue weighted by molar-refractivity contribution is 5.98. The molecule has 0 fully saturated rings. The summed E-state index contributed by atoms with van der Waals surface area (Å²) >= 11 is 0. The van der Waals surface area contributed by atoms with Gasteiger partial charge in [0.25, 0.3) is 5.56 Å². The average Bonchev–Trinajstić information content (AvgIpc) is 2.17. The summed E-state index contributed by atoms with van der Waals surface area (Å²) in [5.74, 6) is -0.925. The number of hydrogen-bond donors (Lipinski definition) is 1. The molecule has 0 bridgehead atoms. The predicted octanol–water partition coefficient (Wildman–Crippen LogP) is 1.06. The summed E-state index contributed by atoms with van der Waals surface area (Å²) in [6, 6.07) is 1.27. The Morgan fingerprint density at radius 3 is 2.50 bits per heavy atom. The second-order valence-corrected chi connectivity index (χ2v) is 3.33. The summed E-state index contributed by atoms with van der Waals surface area (Å²) in [7, 11) is 0. The Morgan fingerprint density at radius 2 is 2.00 bits per heavy atom. The van der Waals surface area contributed by atoms with Gasteiger partial charge in [0, 0.05) is 11.3 Å². The number of esters is 1. The molecule has 1 aromatic rings. The van der Waals surface area contributed by atoms with Gasteiger partial charge in [-0.15, -0.1) is 0 Å². The van der Waals surface area contributed by atoms with Crippen molar-refractivity contribution in [3.05, 3.63) is 33.2 Å². The maximum atomic E-state index is 11.5. The van der Waals surface area contributed by atoms with Crippen LogP contribution < -0.4 is 5.56 Å². The van der Waals surface area contributed by atoms with Gasteiger partial charge >= 0.3 is 5.97 Å². The minimum Gasteiger partial charge on any atom is -0.462 e. The van der Waals surface area contributed by atoms with Crippen molar-refractivity contribution in [3.8, 4) is 0 Å². The second kappa shape index (κ2) is 4.74. The van der Waals surface area contributed by atoms with E-state index in [2.05, 4.69) is 4.98 Å². The number of nitrogens with one attached hydrogen (secondary N) is 1. The first-order valence-electron chi connectivity index (χ1n) is 4.89. The number of Topliss-reactive ketones (excluding diaryl/α,β-unsaturated/α-hetero) is 1. The number of carbonyl (C=O) groups excluding carboxylic acids is 2. The van der Waals surface area contributed by atoms with Gasteiger partial charge in [-0.25, -0.2) is 4.79 Å². The normalized spacial score (nSPS) is 9.94. The summed E-state index contributed by atoms with van der Waals surface area (Å²) in [6.07, 6.45) is 0. The smallest absolute Gasteiger partial charge is 0.343 e. The van der Waals surface area contributed by atoms with Gasteiger partial charge in [-0.05, 0) is 26.8 Å². The van der Waals surface area contributed by atoms with Crippen LogP contribution in [0.4, 0.5) is 0 Å². The molecule has 5 nitrogen and oxygen atoms in total. The fraction of sp³-hybridized carbons (Fsp3) is 0.364. The van der Waals surface area contributed by atoms with Gasteiger partial charge in [0.2, 0.25) is 0 Å². The Bertz CT molecular complexity index is 487. The van der Waals surface area contributed by atoms with E-state index in [1.807, 2.05) is 0 Å². The summed E-state index contributed by atoms with van der Waals surface area (Å²) in [5.41, 5.74) is 0.0896. The Labute approximate surface area is 92.4 Å². The molecular formula is C11H13NO4. The molecule has 86 valence electrons. The molecule has 0 amide bonds. The molecule has 0 saturated carbocycles. The Kier molecular flexibility index (Phi) is 3.60. The predicted molar refractivity (Wildman–Crippen MR) is 57.8 cm³/mol. The second-order valence-electron chi connectivity index (χ2n) is 3.33. The van der Waals surface area contributed by atoms with Crippen LogP contribution in [0.3, 0.4) is 0 Å². The maximum absolute atomic E-state index is 11.5. The van der Waals surface area contributed by atoms with Crippen LogP contribution in [0, 0.1) is 6.92 Å². The fourth-order valence-electron chi connectivity index (χ4n) is 1.35. The van der Waals surface area contributed by atoms with Crippen LogP contribution in [0.1, 0.15) is 40.3 Å². The zero-order valence-corrected chi connectivity index (χ0v) is 9.42. The Hall–Kier alpha value is -1.91. The van der Waals surface area contributed by atoms with Gasteiger partial charge in [0.15, 0.2) is 5.78 Å². The molecule has 0 aromatic carbocycles. The summed E-state index contributed by atoms with van der Waals surface area (Å²) in [6.45, 7) is 4.80. The van der Waals surface area contributed by atoms with Crippen molar-refractivity contribution in [1.82, 2.24) is 4.98 Å². The molecule has 0 radical (unpaired) electrons. The monoisotopic (exact) mass is 223 g/mol. The highest BCUT2D eigenvalue weighted by atomic mass is 16.5. The number of aryl methyl sites for hydroxylation is 1. The number of carbonyl (C=O) groups is 2. The number of hydrogen-bond acceptors (Lipinski definition) is 4. The third-order valence-corrected chi connectivity index (χ3v) is 2.11. The number of rotatable bonds is 3. The van der Waals surface area contributed by atoms with Crippen molar-refractivity contribution < 1.29 is 14.3 Å². The average molecular weight is 223 g/mol. The molecule has 16 heavy (non-hydrogen) atoms. The van der Waals surface area contributed by atoms with E-state index >= 15 is 0 Å². The molecule has 0 saturated heterocycles. The van der Waals surface area contributed by atoms with Crippen LogP contribution in [0.5, 0.6) is 0 Å². The maximum Gasteiger partial charge on any atom is 0.343 e. The lowest BCUT2D eigenvalue weighted by Gasteiger charge is -2.05. The molecule has 1 rings (SSSR count). The van der Waals surface area contributed by atoms with Gasteiger partial charge < -0.3 is 9.72 Å². The SMILES string of the molecule is CCOC(=O)c1cc(C(C)=O)c(C)[nH]c1=O. The number of aromatic nitrogens is 1. The molecule has 0 aliphatic rings. The largest absolute Gasteiger partial charge is 0.462 e. The van der Waals surface area contributed by atoms with Crippen LogP contribution in [0.2, 0.25) is 0 Å². The topological polar surface area (TPSA) is 76.2 Å². The number of pyridine rings is 1. The van der Waals surface area contributed by atoms with Gasteiger partial charge in [0.05, 0.1) is 6.61 Å². The lowest BCUT2D eigenvalue weighted by Crippen LogP contribution is -2.22. The van der Waals surface area contributed by atoms with Crippen molar-refractivity contribution in [1.29, 1.82) is 0 Å².